The number of aliphatic carboxylic acids is 1. The summed E-state index contributed by atoms with van der Waals surface area (Å²) in [5, 5.41) is 51.9. The quantitative estimate of drug-likeness (QED) is 0.00371. The van der Waals surface area contributed by atoms with E-state index < -0.39 is 125 Å². The number of aliphatic hydroxyl groups excluding tert-OH is 5. The van der Waals surface area contributed by atoms with Gasteiger partial charge in [-0.15, -0.1) is 48.1 Å². The molecule has 0 aliphatic carbocycles. The molecule has 7 N–H and O–H groups in total. The van der Waals surface area contributed by atoms with Gasteiger partial charge in [0.25, 0.3) is 23.0 Å². The first-order chi connectivity index (χ1) is 65.3. The maximum atomic E-state index is 13.0. The first kappa shape index (κ1) is 152. The molecule has 824 valence electrons. The number of aliphatic hydroxyl groups is 5. The molecule has 0 aromatic heterocycles. The Morgan fingerprint density at radius 1 is 0.442 bits per heavy atom. The molecule has 0 radical (unpaired) electrons. The number of epoxide rings is 1. The van der Waals surface area contributed by atoms with E-state index in [0.717, 1.165) is 22.1 Å². The van der Waals surface area contributed by atoms with Gasteiger partial charge in [0.1, 0.15) is 92.1 Å². The molecule has 147 heavy (non-hydrogen) atoms. The van der Waals surface area contributed by atoms with E-state index in [1.165, 1.54) is 19.9 Å². The fourth-order valence-electron chi connectivity index (χ4n) is 11.7. The monoisotopic (exact) mass is 2200 g/mol. The molecular weight excluding hydrogens is 2050 g/mol. The molecular formula is C106H153ClF6NaO28PS4. The Labute approximate surface area is 919 Å². The molecule has 6 fully saturated rings. The molecule has 3 unspecified atom stereocenters. The number of carbonyl (C=O) groups excluding carboxylic acids is 6. The van der Waals surface area contributed by atoms with E-state index in [0.29, 0.717) is 79.3 Å². The molecule has 7 aliphatic heterocycles. The van der Waals surface area contributed by atoms with Gasteiger partial charge < -0.3 is 102 Å². The number of hydrogen-bond donors (Lipinski definition) is 6. The van der Waals surface area contributed by atoms with E-state index >= 15 is 0 Å². The molecule has 6 aromatic carbocycles. The molecule has 6 saturated heterocycles. The predicted molar refractivity (Wildman–Crippen MR) is 576 cm³/mol. The largest absolute Gasteiger partial charge is 1.00 e. The number of carboxylic acids is 1. The van der Waals surface area contributed by atoms with Crippen LogP contribution in [0.5, 0.6) is 0 Å². The van der Waals surface area contributed by atoms with Gasteiger partial charge in [0.15, 0.2) is 5.60 Å². The van der Waals surface area contributed by atoms with E-state index in [-0.39, 0.29) is 193 Å². The van der Waals surface area contributed by atoms with Crippen LogP contribution in [-0.2, 0) is 71.1 Å². The minimum absolute atomic E-state index is 0. The number of alkyl halides is 6. The number of carbonyl (C=O) groups is 7. The summed E-state index contributed by atoms with van der Waals surface area (Å²) in [6.07, 6.45) is 12.1. The predicted octanol–water partition coefficient (Wildman–Crippen LogP) is 16.1. The molecule has 0 spiro atoms. The molecule has 0 bridgehead atoms. The third-order valence-electron chi connectivity index (χ3n) is 20.0. The Morgan fingerprint density at radius 2 is 0.741 bits per heavy atom. The average molecular weight is 2210 g/mol. The maximum Gasteiger partial charge on any atom is 1.00 e. The maximum absolute atomic E-state index is 13.0. The summed E-state index contributed by atoms with van der Waals surface area (Å²) in [4.78, 5) is 79.2. The number of benzene rings is 6. The summed E-state index contributed by atoms with van der Waals surface area (Å²) >= 11 is 5.16. The van der Waals surface area contributed by atoms with Crippen LogP contribution >= 0.6 is 74.2 Å². The van der Waals surface area contributed by atoms with Gasteiger partial charge in [-0.05, 0) is 148 Å². The summed E-state index contributed by atoms with van der Waals surface area (Å²) in [5.74, 6) is -11.9. The topological polar surface area (TPSA) is 403 Å². The van der Waals surface area contributed by atoms with E-state index in [2.05, 4.69) is 57.5 Å². The molecule has 28 nitrogen and oxygen atoms in total. The molecule has 11 atom stereocenters. The van der Waals surface area contributed by atoms with Crippen molar-refractivity contribution in [2.75, 3.05) is 126 Å². The van der Waals surface area contributed by atoms with Gasteiger partial charge in [0.05, 0.1) is 112 Å². The Balaban J connectivity index is -0.000000296. The first-order valence-corrected chi connectivity index (χ1v) is 46.4. The van der Waals surface area contributed by atoms with Crippen molar-refractivity contribution in [1.29, 1.82) is 0 Å². The zero-order chi connectivity index (χ0) is 105. The second-order valence-corrected chi connectivity index (χ2v) is 35.7. The Hall–Kier alpha value is -7.91. The average Bonchev–Trinajstić information content (AvgIpc) is 1.67. The van der Waals surface area contributed by atoms with Crippen molar-refractivity contribution >= 4 is 115 Å². The molecule has 13 rings (SSSR count). The summed E-state index contributed by atoms with van der Waals surface area (Å²) in [6, 6.07) is 52.6. The Kier molecular flexibility index (Phi) is 79.2. The van der Waals surface area contributed by atoms with Crippen LogP contribution < -0.4 is 29.6 Å². The van der Waals surface area contributed by atoms with Crippen molar-refractivity contribution < 1.29 is 192 Å². The second-order valence-electron chi connectivity index (χ2n) is 34.3. The molecule has 6 aromatic rings. The van der Waals surface area contributed by atoms with Gasteiger partial charge >= 0.3 is 65.4 Å². The fourth-order valence-corrected chi connectivity index (χ4v) is 11.9. The van der Waals surface area contributed by atoms with Crippen molar-refractivity contribution in [3.05, 3.63) is 303 Å². The fraction of sp³-hybridized carbons (Fsp3) is 0.462. The van der Waals surface area contributed by atoms with Crippen molar-refractivity contribution in [1.82, 2.24) is 0 Å². The number of carboxylic acid groups (broad SMARTS) is 1. The number of halogens is 7. The van der Waals surface area contributed by atoms with Gasteiger partial charge in [0, 0.05) is 31.2 Å². The van der Waals surface area contributed by atoms with Crippen molar-refractivity contribution in [2.45, 2.75) is 190 Å². The Bertz CT molecular complexity index is 4670. The Morgan fingerprint density at radius 3 is 0.952 bits per heavy atom. The minimum atomic E-state index is -2.99. The molecule has 0 saturated carbocycles. The standard InChI is InChI=1S/C15H18O3.C13H14F2O3.2C13H16O4.C13H14O3.C8H14O2.C7H5ClO.C6H8F2O3.C6H10F2O2.C5H8O.C3H6O.C2H7P.2CH4.Na.H2O.4H2S/c1-4-11-18-15(3,5-2)12-17-14(16)13-9-7-6-8-10-13;1-12(7-13(14,15)9-18-12)8-17-11(16)10-5-3-2-4-6-10;2*1-13(7-11(14)8-17-13)9-16-12(15)10-5-3-2-4-6-10;1-13(8-5-9-16-13)10-15-12(14)11-6-3-2-4-7-11;1-4-6-10-8(3,5-2)7-9;8-7(9)6-4-2-1-3-5-6;1-5(4(9)10)2-6(7,8)3-11-5;1-5(3-9)2-6(7,8)4-10-5;1-3-5(2)4-6-5;1-2-3-4;1-3-2;;;;;;;;/h4-10H,1-2,11-12H2,3H3;2-6H,7-9H2,1H3;2*2-6,11,14H,7-9H2,1H3;2-8H,9-10H2,1H3;4-5,9H,1-2,6-7H2,3H3;1-5H;2-3H2,1H3,(H,9,10);9H,2-4H2,1H3;3H,1,4H2,2H3;2,4H,1,3H2;3H,1-2H3;2*1H4;;5*1H2/q;;;;;;;;;;;;;;+1;;;;;/p-1/t15-;12-;2*11?,13-;13-;8-;;2*5-;;;;;;;;;;;/m000000.00.........../s1. The SMILES string of the molecule is C.C.C=CC1(C)CO1.C=CCO.C=CCO[C@@](C)(C=C)CO.C=CCO[C@@](C)(C=C)COC(=O)c1ccccc1.CPC.C[C@@]1(C(=O)O)CC(F)(F)CO1.C[C@@]1(CO)CC(F)(F)CO1.C[C@@]1(COC(=O)c2ccccc2)C=CCO1.C[C@@]1(COC(=O)c2ccccc2)CC(F)(F)CO1.C[C@@]1(COC(=O)c2ccccc2)CC(O)CO1.C[C@@]1(COC(=O)c2ccccc2)CC(O)CO1.O=C(Cl)c1ccccc1.S.S.S.S.[Na+].[OH-]. The van der Waals surface area contributed by atoms with Crippen molar-refractivity contribution in [2.24, 2.45) is 0 Å². The smallest absolute Gasteiger partial charge is 0.870 e. The van der Waals surface area contributed by atoms with Crippen LogP contribution in [0, 0.1) is 0 Å². The van der Waals surface area contributed by atoms with Crippen molar-refractivity contribution in [3.63, 3.8) is 0 Å². The van der Waals surface area contributed by atoms with Gasteiger partial charge in [-0.25, -0.2) is 55.1 Å². The van der Waals surface area contributed by atoms with E-state index in [4.69, 9.17) is 93.6 Å². The zero-order valence-corrected chi connectivity index (χ0v) is 92.0. The molecule has 0 amide bonds. The zero-order valence-electron chi connectivity index (χ0n) is 84.2. The van der Waals surface area contributed by atoms with Crippen LogP contribution in [0.4, 0.5) is 26.3 Å². The van der Waals surface area contributed by atoms with Gasteiger partial charge in [0.2, 0.25) is 0 Å². The summed E-state index contributed by atoms with van der Waals surface area (Å²) in [6.45, 7) is 41.8. The van der Waals surface area contributed by atoms with Crippen LogP contribution in [0.3, 0.4) is 0 Å². The first-order valence-electron chi connectivity index (χ1n) is 44.0. The van der Waals surface area contributed by atoms with E-state index in [1.54, 1.807) is 171 Å². The van der Waals surface area contributed by atoms with Crippen LogP contribution in [0.15, 0.2) is 270 Å². The summed E-state index contributed by atoms with van der Waals surface area (Å²) in [5.41, 5.74) is -3.62. The van der Waals surface area contributed by atoms with Gasteiger partial charge in [-0.2, -0.15) is 54.0 Å². The van der Waals surface area contributed by atoms with Crippen molar-refractivity contribution in [3.8, 4) is 0 Å². The van der Waals surface area contributed by atoms with Gasteiger partial charge in [-0.3, -0.25) is 4.79 Å². The van der Waals surface area contributed by atoms with Crippen LogP contribution in [0.1, 0.15) is 171 Å². The number of hydrogen-bond acceptors (Lipinski definition) is 27. The number of ether oxygens (including phenoxy) is 14. The third kappa shape index (κ3) is 63.2. The minimum Gasteiger partial charge on any atom is -0.870 e. The third-order valence-corrected chi connectivity index (χ3v) is 20.2. The van der Waals surface area contributed by atoms with Gasteiger partial charge in [-0.1, -0.05) is 185 Å². The second kappa shape index (κ2) is 76.6. The molecule has 7 aliphatic rings. The summed E-state index contributed by atoms with van der Waals surface area (Å²) < 4.78 is 148. The molecule has 41 heteroatoms. The van der Waals surface area contributed by atoms with E-state index in [1.807, 2.05) is 95.3 Å². The molecule has 7 heterocycles. The number of esters is 5. The van der Waals surface area contributed by atoms with Crippen LogP contribution in [-0.4, -0.2) is 283 Å². The van der Waals surface area contributed by atoms with E-state index in [9.17, 15) is 70.1 Å². The van der Waals surface area contributed by atoms with Crippen LogP contribution in [0.2, 0.25) is 0 Å². The normalized spacial score (nSPS) is 22.7. The number of rotatable bonds is 29. The summed E-state index contributed by atoms with van der Waals surface area (Å²) in [7, 11) is 1.08. The van der Waals surface area contributed by atoms with Crippen LogP contribution in [0.25, 0.3) is 0 Å².